The fourth-order valence-electron chi connectivity index (χ4n) is 3.43. The molecule has 0 atom stereocenters. The molecule has 4 rings (SSSR count). The number of rotatable bonds is 3. The molecule has 1 aliphatic carbocycles. The maximum atomic E-state index is 6.39. The summed E-state index contributed by atoms with van der Waals surface area (Å²) in [6.07, 6.45) is 12.7. The minimum atomic E-state index is 0.855. The summed E-state index contributed by atoms with van der Waals surface area (Å²) in [6.45, 7) is 0. The first-order valence-corrected chi connectivity index (χ1v) is 10.1. The Morgan fingerprint density at radius 1 is 0.733 bits per heavy atom. The van der Waals surface area contributed by atoms with Gasteiger partial charge in [0, 0.05) is 43.1 Å². The van der Waals surface area contributed by atoms with Crippen LogP contribution in [0.2, 0.25) is 0 Å². The molecular formula is C27H27N2O+. The lowest BCUT2D eigenvalue weighted by atomic mass is 9.98. The second-order valence-corrected chi connectivity index (χ2v) is 7.82. The van der Waals surface area contributed by atoms with Gasteiger partial charge in [-0.05, 0) is 59.7 Å². The van der Waals surface area contributed by atoms with Crippen molar-refractivity contribution >= 4 is 22.7 Å². The van der Waals surface area contributed by atoms with E-state index in [1.807, 2.05) is 34.3 Å². The summed E-state index contributed by atoms with van der Waals surface area (Å²) in [7, 11) is 8.19. The topological polar surface area (TPSA) is 15.5 Å². The van der Waals surface area contributed by atoms with E-state index in [9.17, 15) is 0 Å². The summed E-state index contributed by atoms with van der Waals surface area (Å²) in [5.41, 5.74) is 6.76. The molecule has 0 unspecified atom stereocenters. The molecule has 2 aromatic carbocycles. The van der Waals surface area contributed by atoms with Crippen molar-refractivity contribution in [2.24, 2.45) is 0 Å². The first kappa shape index (κ1) is 19.7. The van der Waals surface area contributed by atoms with Crippen molar-refractivity contribution in [1.29, 1.82) is 0 Å². The Hall–Kier alpha value is -3.59. The third-order valence-corrected chi connectivity index (χ3v) is 5.24. The number of allylic oxidation sites excluding steroid dienone is 8. The molecule has 0 radical (unpaired) electrons. The fourth-order valence-corrected chi connectivity index (χ4v) is 3.43. The predicted octanol–water partition coefficient (Wildman–Crippen LogP) is 5.30. The van der Waals surface area contributed by atoms with Gasteiger partial charge < -0.3 is 9.64 Å². The van der Waals surface area contributed by atoms with Gasteiger partial charge in [-0.1, -0.05) is 30.3 Å². The number of hydrogen-bond acceptors (Lipinski definition) is 2. The first-order chi connectivity index (χ1) is 14.5. The molecule has 1 heterocycles. The van der Waals surface area contributed by atoms with Crippen molar-refractivity contribution in [3.05, 3.63) is 114 Å². The molecule has 0 bridgehead atoms. The number of nitrogens with zero attached hydrogens (tertiary/aromatic N) is 2. The van der Waals surface area contributed by atoms with Gasteiger partial charge >= 0.3 is 0 Å². The molecule has 0 N–H and O–H groups in total. The Labute approximate surface area is 178 Å². The lowest BCUT2D eigenvalue weighted by Crippen LogP contribution is -2.10. The third kappa shape index (κ3) is 4.20. The van der Waals surface area contributed by atoms with Crippen molar-refractivity contribution < 1.29 is 9.31 Å². The van der Waals surface area contributed by atoms with E-state index in [1.165, 1.54) is 5.56 Å². The summed E-state index contributed by atoms with van der Waals surface area (Å²) in [5.74, 6) is 1.71. The Morgan fingerprint density at radius 2 is 1.40 bits per heavy atom. The molecular weight excluding hydrogens is 368 g/mol. The van der Waals surface area contributed by atoms with Gasteiger partial charge in [0.2, 0.25) is 0 Å². The second-order valence-electron chi connectivity index (χ2n) is 7.82. The molecule has 0 saturated carbocycles. The van der Waals surface area contributed by atoms with Crippen molar-refractivity contribution in [3.8, 4) is 0 Å². The van der Waals surface area contributed by atoms with Crippen LogP contribution in [0.4, 0.5) is 5.69 Å². The summed E-state index contributed by atoms with van der Waals surface area (Å²) in [5, 5.41) is 0. The summed E-state index contributed by atoms with van der Waals surface area (Å²) >= 11 is 0. The van der Waals surface area contributed by atoms with Gasteiger partial charge in [0.1, 0.15) is 25.6 Å². The van der Waals surface area contributed by atoms with E-state index in [2.05, 4.69) is 94.5 Å². The van der Waals surface area contributed by atoms with Crippen LogP contribution in [0.3, 0.4) is 0 Å². The van der Waals surface area contributed by atoms with Crippen LogP contribution in [-0.4, -0.2) is 38.5 Å². The first-order valence-electron chi connectivity index (χ1n) is 10.1. The van der Waals surface area contributed by atoms with E-state index in [-0.39, 0.29) is 0 Å². The monoisotopic (exact) mass is 395 g/mol. The van der Waals surface area contributed by atoms with Crippen LogP contribution < -0.4 is 4.90 Å². The van der Waals surface area contributed by atoms with Crippen LogP contribution in [0.1, 0.15) is 11.1 Å². The summed E-state index contributed by atoms with van der Waals surface area (Å²) in [4.78, 5) is 2.10. The molecule has 0 fully saturated rings. The Morgan fingerprint density at radius 3 is 2.00 bits per heavy atom. The van der Waals surface area contributed by atoms with Gasteiger partial charge in [-0.3, -0.25) is 0 Å². The lowest BCUT2D eigenvalue weighted by Gasteiger charge is -2.21. The highest BCUT2D eigenvalue weighted by atomic mass is 16.5. The van der Waals surface area contributed by atoms with Gasteiger partial charge in [-0.25, -0.2) is 4.58 Å². The summed E-state index contributed by atoms with van der Waals surface area (Å²) in [6, 6.07) is 18.9. The zero-order chi connectivity index (χ0) is 21.1. The molecule has 0 saturated heterocycles. The van der Waals surface area contributed by atoms with E-state index in [0.29, 0.717) is 0 Å². The lowest BCUT2D eigenvalue weighted by molar-refractivity contribution is -0.462. The molecule has 2 aliphatic rings. The van der Waals surface area contributed by atoms with Crippen molar-refractivity contribution in [3.63, 3.8) is 0 Å². The molecule has 0 amide bonds. The molecule has 3 heteroatoms. The van der Waals surface area contributed by atoms with Crippen LogP contribution in [0.15, 0.2) is 102 Å². The number of benzene rings is 2. The summed E-state index contributed by atoms with van der Waals surface area (Å²) < 4.78 is 8.48. The van der Waals surface area contributed by atoms with Gasteiger partial charge in [-0.2, -0.15) is 0 Å². The van der Waals surface area contributed by atoms with E-state index >= 15 is 0 Å². The average Bonchev–Trinajstić information content (AvgIpc) is 2.79. The molecule has 30 heavy (non-hydrogen) atoms. The maximum Gasteiger partial charge on any atom is 0.199 e. The van der Waals surface area contributed by atoms with Gasteiger partial charge in [0.05, 0.1) is 0 Å². The average molecular weight is 396 g/mol. The highest BCUT2D eigenvalue weighted by molar-refractivity contribution is 6.02. The van der Waals surface area contributed by atoms with E-state index in [0.717, 1.165) is 39.6 Å². The normalized spacial score (nSPS) is 15.5. The van der Waals surface area contributed by atoms with Crippen molar-refractivity contribution in [1.82, 2.24) is 0 Å². The molecule has 3 nitrogen and oxygen atoms in total. The van der Waals surface area contributed by atoms with Gasteiger partial charge in [0.15, 0.2) is 5.71 Å². The van der Waals surface area contributed by atoms with Gasteiger partial charge in [-0.15, -0.1) is 0 Å². The Bertz CT molecular complexity index is 1100. The highest BCUT2D eigenvalue weighted by Gasteiger charge is 2.18. The van der Waals surface area contributed by atoms with Gasteiger partial charge in [0.25, 0.3) is 0 Å². The van der Waals surface area contributed by atoms with Crippen molar-refractivity contribution in [2.45, 2.75) is 0 Å². The molecule has 0 aromatic heterocycles. The highest BCUT2D eigenvalue weighted by Crippen LogP contribution is 2.34. The Kier molecular flexibility index (Phi) is 5.53. The predicted molar refractivity (Wildman–Crippen MR) is 127 cm³/mol. The van der Waals surface area contributed by atoms with Crippen LogP contribution in [0.5, 0.6) is 0 Å². The van der Waals surface area contributed by atoms with Crippen molar-refractivity contribution in [2.75, 3.05) is 33.1 Å². The van der Waals surface area contributed by atoms with E-state index in [4.69, 9.17) is 4.74 Å². The largest absolute Gasteiger partial charge is 0.456 e. The fraction of sp³-hybridized carbons (Fsp3) is 0.148. The SMILES string of the molecule is CN(C)c1ccc(C2=CC(c3ccccc3)=CC(=C3C=CC(=[N+](C)C)C=C3)O2)cc1. The van der Waals surface area contributed by atoms with Crippen LogP contribution >= 0.6 is 0 Å². The molecule has 0 spiro atoms. The molecule has 2 aromatic rings. The number of ether oxygens (including phenoxy) is 1. The quantitative estimate of drug-likeness (QED) is 0.655. The minimum Gasteiger partial charge on any atom is -0.456 e. The third-order valence-electron chi connectivity index (χ3n) is 5.24. The van der Waals surface area contributed by atoms with Crippen LogP contribution in [0.25, 0.3) is 11.3 Å². The maximum absolute atomic E-state index is 6.39. The zero-order valence-electron chi connectivity index (χ0n) is 18.0. The number of anilines is 1. The minimum absolute atomic E-state index is 0.855. The van der Waals surface area contributed by atoms with Crippen LogP contribution in [-0.2, 0) is 4.74 Å². The Balaban J connectivity index is 1.77. The molecule has 150 valence electrons. The zero-order valence-corrected chi connectivity index (χ0v) is 18.0. The second kappa shape index (κ2) is 8.42. The van der Waals surface area contributed by atoms with Crippen LogP contribution in [0, 0.1) is 0 Å². The number of hydrogen-bond donors (Lipinski definition) is 0. The van der Waals surface area contributed by atoms with E-state index < -0.39 is 0 Å². The smallest absolute Gasteiger partial charge is 0.199 e. The standard InChI is InChI=1S/C27H27N2O/c1-28(2)24-14-10-21(11-15-24)26-18-23(20-8-6-5-7-9-20)19-27(30-26)22-12-16-25(17-13-22)29(3)4/h5-19H,1-4H3/q+1. The van der Waals surface area contributed by atoms with E-state index in [1.54, 1.807) is 0 Å². The molecule has 1 aliphatic heterocycles.